The molecule has 3 rings (SSSR count). The van der Waals surface area contributed by atoms with Gasteiger partial charge in [0.25, 0.3) is 0 Å². The van der Waals surface area contributed by atoms with Crippen molar-refractivity contribution in [3.8, 4) is 11.3 Å². The molecule has 0 aliphatic rings. The fraction of sp³-hybridized carbons (Fsp3) is 0.200. The highest BCUT2D eigenvalue weighted by Gasteiger charge is 2.41. The molecule has 0 saturated carbocycles. The third-order valence-electron chi connectivity index (χ3n) is 3.49. The first-order valence-corrected chi connectivity index (χ1v) is 8.04. The number of hydrogen-bond donors (Lipinski definition) is 1. The molecule has 0 aliphatic carbocycles. The predicted molar refractivity (Wildman–Crippen MR) is 84.9 cm³/mol. The molecule has 2 aromatic heterocycles. The molecular formula is C15H10ClF3N2O2S. The van der Waals surface area contributed by atoms with E-state index in [9.17, 15) is 18.0 Å². The van der Waals surface area contributed by atoms with Crippen LogP contribution in [0.1, 0.15) is 28.0 Å². The molecule has 0 aliphatic heterocycles. The Morgan fingerprint density at radius 2 is 1.96 bits per heavy atom. The second kappa shape index (κ2) is 5.78. The lowest BCUT2D eigenvalue weighted by atomic mass is 10.1. The Kier molecular flexibility index (Phi) is 4.05. The summed E-state index contributed by atoms with van der Waals surface area (Å²) >= 11 is 6.35. The standard InChI is InChI=1S/C15H10ClF3N2O2S/c1-2-9-10(7-3-5-8(16)6-4-7)20-14-21(9)12(15(17,18)19)11(24-14)13(22)23/h3-6H,2H2,1H3,(H,22,23). The average Bonchev–Trinajstić information content (AvgIpc) is 3.02. The molecule has 0 fully saturated rings. The van der Waals surface area contributed by atoms with Gasteiger partial charge in [0.15, 0.2) is 10.7 Å². The lowest BCUT2D eigenvalue weighted by Crippen LogP contribution is -2.15. The number of thiazole rings is 1. The number of halogens is 4. The van der Waals surface area contributed by atoms with Crippen molar-refractivity contribution in [2.75, 3.05) is 0 Å². The van der Waals surface area contributed by atoms with Crippen molar-refractivity contribution in [1.82, 2.24) is 9.38 Å². The van der Waals surface area contributed by atoms with Gasteiger partial charge < -0.3 is 5.11 Å². The van der Waals surface area contributed by atoms with Crippen molar-refractivity contribution in [3.63, 3.8) is 0 Å². The summed E-state index contributed by atoms with van der Waals surface area (Å²) in [6.45, 7) is 1.70. The minimum absolute atomic E-state index is 0.00141. The molecule has 0 unspecified atom stereocenters. The van der Waals surface area contributed by atoms with Crippen LogP contribution in [0.2, 0.25) is 5.02 Å². The lowest BCUT2D eigenvalue weighted by molar-refractivity contribution is -0.142. The van der Waals surface area contributed by atoms with Crippen LogP contribution >= 0.6 is 22.9 Å². The zero-order valence-corrected chi connectivity index (χ0v) is 13.8. The van der Waals surface area contributed by atoms with E-state index in [1.807, 2.05) is 0 Å². The summed E-state index contributed by atoms with van der Waals surface area (Å²) in [5.74, 6) is -1.62. The predicted octanol–water partition coefficient (Wildman–Crippen LogP) is 5.00. The van der Waals surface area contributed by atoms with E-state index < -0.39 is 22.7 Å². The van der Waals surface area contributed by atoms with Crippen molar-refractivity contribution < 1.29 is 23.1 Å². The van der Waals surface area contributed by atoms with Crippen molar-refractivity contribution in [2.24, 2.45) is 0 Å². The van der Waals surface area contributed by atoms with Gasteiger partial charge in [-0.15, -0.1) is 0 Å². The van der Waals surface area contributed by atoms with E-state index in [-0.39, 0.29) is 11.4 Å². The van der Waals surface area contributed by atoms with Crippen LogP contribution in [0.15, 0.2) is 24.3 Å². The van der Waals surface area contributed by atoms with Crippen LogP contribution in [-0.2, 0) is 12.6 Å². The second-order valence-corrected chi connectivity index (χ2v) is 6.38. The Balaban J connectivity index is 2.34. The molecule has 0 radical (unpaired) electrons. The number of benzene rings is 1. The van der Waals surface area contributed by atoms with E-state index in [1.54, 1.807) is 31.2 Å². The van der Waals surface area contributed by atoms with Crippen LogP contribution < -0.4 is 0 Å². The first kappa shape index (κ1) is 16.8. The van der Waals surface area contributed by atoms with Crippen molar-refractivity contribution in [3.05, 3.63) is 45.6 Å². The summed E-state index contributed by atoms with van der Waals surface area (Å²) in [6.07, 6.45) is -4.54. The Hall–Kier alpha value is -2.06. The highest BCUT2D eigenvalue weighted by molar-refractivity contribution is 7.19. The molecule has 4 nitrogen and oxygen atoms in total. The lowest BCUT2D eigenvalue weighted by Gasteiger charge is -2.09. The molecule has 0 bridgehead atoms. The number of hydrogen-bond acceptors (Lipinski definition) is 3. The maximum absolute atomic E-state index is 13.4. The number of rotatable bonds is 3. The number of carboxylic acids is 1. The Bertz CT molecular complexity index is 929. The minimum Gasteiger partial charge on any atom is -0.477 e. The van der Waals surface area contributed by atoms with Crippen LogP contribution in [0, 0.1) is 0 Å². The monoisotopic (exact) mass is 374 g/mol. The smallest absolute Gasteiger partial charge is 0.433 e. The van der Waals surface area contributed by atoms with Gasteiger partial charge in [-0.05, 0) is 18.6 Å². The number of alkyl halides is 3. The second-order valence-electron chi connectivity index (χ2n) is 4.97. The van der Waals surface area contributed by atoms with Gasteiger partial charge in [0, 0.05) is 10.6 Å². The molecular weight excluding hydrogens is 365 g/mol. The van der Waals surface area contributed by atoms with Gasteiger partial charge in [-0.2, -0.15) is 13.2 Å². The van der Waals surface area contributed by atoms with Gasteiger partial charge in [-0.25, -0.2) is 9.78 Å². The zero-order chi connectivity index (χ0) is 17.6. The maximum Gasteiger partial charge on any atom is 0.433 e. The van der Waals surface area contributed by atoms with Crippen LogP contribution in [0.3, 0.4) is 0 Å². The molecule has 9 heteroatoms. The molecule has 1 aromatic carbocycles. The summed E-state index contributed by atoms with van der Waals surface area (Å²) in [4.78, 5) is 14.7. The molecule has 3 aromatic rings. The van der Waals surface area contributed by atoms with E-state index in [0.717, 1.165) is 4.40 Å². The van der Waals surface area contributed by atoms with Crippen LogP contribution in [-0.4, -0.2) is 20.5 Å². The topological polar surface area (TPSA) is 54.6 Å². The van der Waals surface area contributed by atoms with Gasteiger partial charge in [0.1, 0.15) is 4.88 Å². The summed E-state index contributed by atoms with van der Waals surface area (Å²) in [7, 11) is 0. The Morgan fingerprint density at radius 1 is 1.33 bits per heavy atom. The molecule has 1 N–H and O–H groups in total. The third-order valence-corrected chi connectivity index (χ3v) is 4.77. The Morgan fingerprint density at radius 3 is 2.46 bits per heavy atom. The largest absolute Gasteiger partial charge is 0.477 e. The molecule has 2 heterocycles. The van der Waals surface area contributed by atoms with E-state index in [2.05, 4.69) is 4.98 Å². The van der Waals surface area contributed by atoms with Crippen LogP contribution in [0.4, 0.5) is 13.2 Å². The number of aromatic nitrogens is 2. The van der Waals surface area contributed by atoms with Crippen molar-refractivity contribution in [2.45, 2.75) is 19.5 Å². The van der Waals surface area contributed by atoms with E-state index >= 15 is 0 Å². The molecule has 0 saturated heterocycles. The normalized spacial score (nSPS) is 12.0. The van der Waals surface area contributed by atoms with Crippen LogP contribution in [0.5, 0.6) is 0 Å². The summed E-state index contributed by atoms with van der Waals surface area (Å²) in [5, 5.41) is 9.59. The summed E-state index contributed by atoms with van der Waals surface area (Å²) < 4.78 is 41.2. The van der Waals surface area contributed by atoms with E-state index in [4.69, 9.17) is 16.7 Å². The quantitative estimate of drug-likeness (QED) is 0.702. The fourth-order valence-corrected chi connectivity index (χ4v) is 3.67. The first-order chi connectivity index (χ1) is 11.2. The number of imidazole rings is 1. The van der Waals surface area contributed by atoms with Gasteiger partial charge >= 0.3 is 12.1 Å². The van der Waals surface area contributed by atoms with Crippen molar-refractivity contribution in [1.29, 1.82) is 0 Å². The zero-order valence-electron chi connectivity index (χ0n) is 12.2. The van der Waals surface area contributed by atoms with Gasteiger partial charge in [-0.1, -0.05) is 42.0 Å². The number of aromatic carboxylic acids is 1. The number of fused-ring (bicyclic) bond motifs is 1. The van der Waals surface area contributed by atoms with Crippen molar-refractivity contribution >= 4 is 33.9 Å². The highest BCUT2D eigenvalue weighted by atomic mass is 35.5. The maximum atomic E-state index is 13.4. The molecule has 0 atom stereocenters. The molecule has 0 spiro atoms. The van der Waals surface area contributed by atoms with E-state index in [0.29, 0.717) is 33.3 Å². The minimum atomic E-state index is -4.80. The summed E-state index contributed by atoms with van der Waals surface area (Å²) in [6, 6.07) is 6.58. The SMILES string of the molecule is CCc1c(-c2ccc(Cl)cc2)nc2sc(C(=O)O)c(C(F)(F)F)n12. The number of carboxylic acid groups (broad SMARTS) is 1. The Labute approximate surface area is 143 Å². The molecule has 126 valence electrons. The number of aryl methyl sites for hydroxylation is 1. The van der Waals surface area contributed by atoms with Crippen LogP contribution in [0.25, 0.3) is 16.2 Å². The number of carbonyl (C=O) groups is 1. The summed E-state index contributed by atoms with van der Waals surface area (Å²) in [5.41, 5.74) is 0.128. The fourth-order valence-electron chi connectivity index (χ4n) is 2.54. The molecule has 24 heavy (non-hydrogen) atoms. The van der Waals surface area contributed by atoms with Gasteiger partial charge in [0.05, 0.1) is 11.4 Å². The number of nitrogens with zero attached hydrogens (tertiary/aromatic N) is 2. The third kappa shape index (κ3) is 2.65. The first-order valence-electron chi connectivity index (χ1n) is 6.84. The van der Waals surface area contributed by atoms with Gasteiger partial charge in [0.2, 0.25) is 0 Å². The molecule has 0 amide bonds. The average molecular weight is 375 g/mol. The van der Waals surface area contributed by atoms with E-state index in [1.165, 1.54) is 0 Å². The highest BCUT2D eigenvalue weighted by Crippen LogP contribution is 2.40. The van der Waals surface area contributed by atoms with Gasteiger partial charge in [-0.3, -0.25) is 4.40 Å².